The summed E-state index contributed by atoms with van der Waals surface area (Å²) in [7, 11) is -3.90. The average molecular weight is 540 g/mol. The van der Waals surface area contributed by atoms with Crippen molar-refractivity contribution >= 4 is 37.5 Å². The molecule has 38 heavy (non-hydrogen) atoms. The van der Waals surface area contributed by atoms with Gasteiger partial charge >= 0.3 is 0 Å². The Labute approximate surface area is 222 Å². The lowest BCUT2D eigenvalue weighted by Crippen LogP contribution is -2.39. The predicted molar refractivity (Wildman–Crippen MR) is 148 cm³/mol. The first-order valence-corrected chi connectivity index (χ1v) is 14.0. The van der Waals surface area contributed by atoms with Gasteiger partial charge in [0.1, 0.15) is 0 Å². The molecule has 0 aliphatic heterocycles. The Morgan fingerprint density at radius 2 is 1.66 bits per heavy atom. The van der Waals surface area contributed by atoms with Gasteiger partial charge in [0.2, 0.25) is 10.0 Å². The highest BCUT2D eigenvalue weighted by Gasteiger charge is 2.29. The van der Waals surface area contributed by atoms with Gasteiger partial charge in [-0.2, -0.15) is 4.31 Å². The molecular formula is C28H33N3O6S. The van der Waals surface area contributed by atoms with Crippen LogP contribution < -0.4 is 0 Å². The van der Waals surface area contributed by atoms with Crippen molar-refractivity contribution in [1.82, 2.24) is 9.29 Å². The van der Waals surface area contributed by atoms with E-state index in [0.717, 1.165) is 44.1 Å². The first-order valence-electron chi connectivity index (χ1n) is 12.6. The molecule has 202 valence electrons. The summed E-state index contributed by atoms with van der Waals surface area (Å²) in [5, 5.41) is 13.0. The lowest BCUT2D eigenvalue weighted by molar-refractivity contribution is -0.384. The van der Waals surface area contributed by atoms with Crippen LogP contribution in [0.25, 0.3) is 21.8 Å². The van der Waals surface area contributed by atoms with Gasteiger partial charge in [0.25, 0.3) is 5.69 Å². The number of rotatable bonds is 11. The van der Waals surface area contributed by atoms with Gasteiger partial charge in [0, 0.05) is 53.7 Å². The van der Waals surface area contributed by atoms with Gasteiger partial charge < -0.3 is 14.5 Å². The fourth-order valence-electron chi connectivity index (χ4n) is 4.73. The molecule has 0 aliphatic rings. The van der Waals surface area contributed by atoms with E-state index in [1.807, 2.05) is 40.7 Å². The molecule has 4 aromatic rings. The molecule has 0 amide bonds. The summed E-state index contributed by atoms with van der Waals surface area (Å²) in [4.78, 5) is 14.6. The molecule has 0 fully saturated rings. The molecule has 0 aliphatic carbocycles. The molecule has 0 atom stereocenters. The summed E-state index contributed by atoms with van der Waals surface area (Å²) >= 11 is 0. The van der Waals surface area contributed by atoms with Crippen LogP contribution in [-0.4, -0.2) is 48.7 Å². The summed E-state index contributed by atoms with van der Waals surface area (Å²) in [5.74, 6) is 0. The number of hydrogen-bond acceptors (Lipinski definition) is 6. The van der Waals surface area contributed by atoms with Crippen LogP contribution in [0.2, 0.25) is 0 Å². The Kier molecular flexibility index (Phi) is 8.17. The maximum atomic E-state index is 13.9. The number of nitrogens with one attached hydrogen (secondary N) is 1. The largest absolute Gasteiger partial charge is 0.354 e. The van der Waals surface area contributed by atoms with Crippen LogP contribution >= 0.6 is 0 Å². The van der Waals surface area contributed by atoms with Gasteiger partial charge in [0.15, 0.2) is 6.29 Å². The van der Waals surface area contributed by atoms with E-state index in [4.69, 9.17) is 9.47 Å². The van der Waals surface area contributed by atoms with Gasteiger partial charge in [0.05, 0.1) is 16.4 Å². The van der Waals surface area contributed by atoms with E-state index < -0.39 is 21.2 Å². The minimum absolute atomic E-state index is 0.000650. The third-order valence-corrected chi connectivity index (χ3v) is 8.52. The van der Waals surface area contributed by atoms with Gasteiger partial charge in [-0.15, -0.1) is 0 Å². The fraction of sp³-hybridized carbons (Fsp3) is 0.357. The lowest BCUT2D eigenvalue weighted by Gasteiger charge is -2.28. The second-order valence-corrected chi connectivity index (χ2v) is 11.2. The minimum Gasteiger partial charge on any atom is -0.354 e. The number of aryl methyl sites for hydroxylation is 3. The van der Waals surface area contributed by atoms with Crippen molar-refractivity contribution in [2.24, 2.45) is 0 Å². The molecule has 9 nitrogen and oxygen atoms in total. The van der Waals surface area contributed by atoms with Crippen LogP contribution in [0.4, 0.5) is 5.69 Å². The third kappa shape index (κ3) is 5.44. The van der Waals surface area contributed by atoms with E-state index in [1.165, 1.54) is 10.4 Å². The molecular weight excluding hydrogens is 506 g/mol. The molecule has 0 bridgehead atoms. The van der Waals surface area contributed by atoms with Crippen LogP contribution in [0.15, 0.2) is 53.4 Å². The molecule has 1 aromatic heterocycles. The zero-order valence-electron chi connectivity index (χ0n) is 22.3. The highest BCUT2D eigenvalue weighted by molar-refractivity contribution is 7.89. The molecule has 3 aromatic carbocycles. The molecule has 0 saturated heterocycles. The van der Waals surface area contributed by atoms with Crippen molar-refractivity contribution in [3.8, 4) is 0 Å². The zero-order chi connectivity index (χ0) is 27.6. The van der Waals surface area contributed by atoms with Crippen LogP contribution in [-0.2, 0) is 26.0 Å². The average Bonchev–Trinajstić information content (AvgIpc) is 3.27. The molecule has 1 N–H and O–H groups in total. The zero-order valence-corrected chi connectivity index (χ0v) is 23.1. The Morgan fingerprint density at radius 3 is 2.26 bits per heavy atom. The highest BCUT2D eigenvalue weighted by Crippen LogP contribution is 2.35. The summed E-state index contributed by atoms with van der Waals surface area (Å²) in [6, 6.07) is 13.5. The number of hydrogen-bond donors (Lipinski definition) is 1. The van der Waals surface area contributed by atoms with E-state index in [9.17, 15) is 18.5 Å². The second kappa shape index (κ2) is 11.2. The highest BCUT2D eigenvalue weighted by atomic mass is 32.2. The van der Waals surface area contributed by atoms with Crippen molar-refractivity contribution in [3.63, 3.8) is 0 Å². The number of H-pyrrole nitrogens is 1. The first kappa shape index (κ1) is 27.7. The number of fused-ring (bicyclic) bond motifs is 3. The monoisotopic (exact) mass is 539 g/mol. The van der Waals surface area contributed by atoms with Crippen molar-refractivity contribution in [2.75, 3.05) is 19.8 Å². The number of nitro benzene ring substituents is 1. The first-order chi connectivity index (χ1) is 18.1. The van der Waals surface area contributed by atoms with Crippen molar-refractivity contribution < 1.29 is 22.8 Å². The molecule has 0 radical (unpaired) electrons. The van der Waals surface area contributed by atoms with Crippen LogP contribution in [0, 0.1) is 30.9 Å². The molecule has 1 heterocycles. The number of non-ortho nitro benzene ring substituents is 1. The molecule has 0 saturated carbocycles. The van der Waals surface area contributed by atoms with E-state index in [1.54, 1.807) is 36.4 Å². The van der Waals surface area contributed by atoms with Crippen molar-refractivity contribution in [1.29, 1.82) is 0 Å². The maximum absolute atomic E-state index is 13.9. The summed E-state index contributed by atoms with van der Waals surface area (Å²) < 4.78 is 40.5. The maximum Gasteiger partial charge on any atom is 0.270 e. The second-order valence-electron chi connectivity index (χ2n) is 9.29. The van der Waals surface area contributed by atoms with Crippen molar-refractivity contribution in [2.45, 2.75) is 52.3 Å². The smallest absolute Gasteiger partial charge is 0.270 e. The van der Waals surface area contributed by atoms with Crippen molar-refractivity contribution in [3.05, 3.63) is 80.9 Å². The molecule has 10 heteroatoms. The number of aromatic nitrogens is 1. The summed E-state index contributed by atoms with van der Waals surface area (Å²) in [5.41, 5.74) is 5.18. The number of sulfonamides is 1. The number of nitrogens with zero attached hydrogens (tertiary/aromatic N) is 2. The quantitative estimate of drug-likeness (QED) is 0.148. The van der Waals surface area contributed by atoms with E-state index in [-0.39, 0.29) is 23.7 Å². The number of nitro groups is 1. The Balaban J connectivity index is 1.85. The predicted octanol–water partition coefficient (Wildman–Crippen LogP) is 5.74. The SMILES string of the molecule is CCOC(CN(Cc1cc(C)c2[nH]c3ccc([N+](=O)[O-])cc3c2c1C)S(=O)(=O)c1ccc(C)cc1)OCC. The van der Waals surface area contributed by atoms with E-state index in [2.05, 4.69) is 4.98 Å². The minimum atomic E-state index is -3.90. The lowest BCUT2D eigenvalue weighted by atomic mass is 9.98. The number of ether oxygens (including phenoxy) is 2. The number of aromatic amines is 1. The molecule has 0 unspecified atom stereocenters. The topological polar surface area (TPSA) is 115 Å². The Morgan fingerprint density at radius 1 is 1.00 bits per heavy atom. The molecule has 4 rings (SSSR count). The number of benzene rings is 3. The van der Waals surface area contributed by atoms with Gasteiger partial charge in [-0.1, -0.05) is 23.8 Å². The Bertz CT molecular complexity index is 1570. The van der Waals surface area contributed by atoms with E-state index >= 15 is 0 Å². The summed E-state index contributed by atoms with van der Waals surface area (Å²) in [6.45, 7) is 10.3. The van der Waals surface area contributed by atoms with Gasteiger partial charge in [-0.05, 0) is 69.5 Å². The molecule has 0 spiro atoms. The van der Waals surface area contributed by atoms with Gasteiger partial charge in [-0.25, -0.2) is 8.42 Å². The van der Waals surface area contributed by atoms with Crippen LogP contribution in [0.1, 0.15) is 36.1 Å². The van der Waals surface area contributed by atoms with Crippen LogP contribution in [0.5, 0.6) is 0 Å². The third-order valence-electron chi connectivity index (χ3n) is 6.70. The summed E-state index contributed by atoms with van der Waals surface area (Å²) in [6.07, 6.45) is -0.730. The van der Waals surface area contributed by atoms with E-state index in [0.29, 0.717) is 13.2 Å². The van der Waals surface area contributed by atoms with Crippen LogP contribution in [0.3, 0.4) is 0 Å². The Hall–Kier alpha value is -3.31. The fourth-order valence-corrected chi connectivity index (χ4v) is 6.14. The standard InChI is InChI=1S/C28H33N3O6S/c1-6-36-26(37-7-2)17-30(38(34,35)23-11-8-18(3)9-12-23)16-21-14-19(4)28-27(20(21)5)24-15-22(31(32)33)10-13-25(24)29-28/h8-15,26,29H,6-7,16-17H2,1-5H3. The normalized spacial score (nSPS) is 12.3. The van der Waals surface area contributed by atoms with Gasteiger partial charge in [-0.3, -0.25) is 10.1 Å².